The van der Waals surface area contributed by atoms with Crippen molar-refractivity contribution in [2.75, 3.05) is 19.6 Å². The highest BCUT2D eigenvalue weighted by atomic mass is 35.5. The molecule has 12 heteroatoms. The first-order valence-corrected chi connectivity index (χ1v) is 15.7. The molecule has 3 aliphatic rings. The van der Waals surface area contributed by atoms with Crippen LogP contribution in [0.25, 0.3) is 0 Å². The van der Waals surface area contributed by atoms with Gasteiger partial charge >= 0.3 is 0 Å². The molecule has 3 aliphatic heterocycles. The molecule has 1 aromatic rings. The fraction of sp³-hybridized carbons (Fsp3) is 0.625. The molecular formula is C32H44ClN5O6. The smallest absolute Gasteiger partial charge is 0.292 e. The van der Waals surface area contributed by atoms with Crippen LogP contribution in [0, 0.1) is 11.3 Å². The summed E-state index contributed by atoms with van der Waals surface area (Å²) in [5.74, 6) is -2.69. The summed E-state index contributed by atoms with van der Waals surface area (Å²) in [6.07, 6.45) is 1.93. The minimum Gasteiger partial charge on any atom is -0.387 e. The maximum absolute atomic E-state index is 13.9. The lowest BCUT2D eigenvalue weighted by Crippen LogP contribution is -2.54. The average molecular weight is 630 g/mol. The second-order valence-corrected chi connectivity index (χ2v) is 13.9. The van der Waals surface area contributed by atoms with E-state index >= 15 is 0 Å². The Balaban J connectivity index is 1.52. The Kier molecular flexibility index (Phi) is 10.1. The van der Waals surface area contributed by atoms with Gasteiger partial charge in [0.05, 0.1) is 18.3 Å². The molecule has 1 spiro atoms. The van der Waals surface area contributed by atoms with Crippen LogP contribution in [-0.2, 0) is 28.8 Å². The van der Waals surface area contributed by atoms with Gasteiger partial charge in [0, 0.05) is 55.4 Å². The Morgan fingerprint density at radius 1 is 1.20 bits per heavy atom. The van der Waals surface area contributed by atoms with Crippen LogP contribution < -0.4 is 10.6 Å². The fourth-order valence-electron chi connectivity index (χ4n) is 6.05. The summed E-state index contributed by atoms with van der Waals surface area (Å²) in [4.78, 5) is 74.8. The van der Waals surface area contributed by atoms with Crippen molar-refractivity contribution in [3.05, 3.63) is 34.9 Å². The standard InChI is InChI=1S/C32H44ClN5O6/c1-7-9-24(27(40)30(43)37-13-12-23(17-37)34-20(3)39)35-28(41)26-16-32(18-38(26)29(42)19(2)31(4,5)6)15-25(36-44-32)21-10-8-11-22(33)14-21/h8,10-11,14,19,23-24,26H,7,9,12-13,15-18H2,1-6H3,(H,34,39)(H,35,41)/t19-,23-,24+,26+,32-/m1/s1. The number of hydrogen-bond acceptors (Lipinski definition) is 7. The molecule has 0 aromatic heterocycles. The quantitative estimate of drug-likeness (QED) is 0.403. The molecule has 0 saturated carbocycles. The summed E-state index contributed by atoms with van der Waals surface area (Å²) in [5, 5.41) is 10.5. The number of Topliss-reactive ketones (excluding diaryl/α,β-unsaturated/α-hetero) is 1. The van der Waals surface area contributed by atoms with Gasteiger partial charge < -0.3 is 25.3 Å². The van der Waals surface area contributed by atoms with Crippen LogP contribution in [0.4, 0.5) is 0 Å². The van der Waals surface area contributed by atoms with Gasteiger partial charge in [-0.2, -0.15) is 0 Å². The summed E-state index contributed by atoms with van der Waals surface area (Å²) in [7, 11) is 0. The van der Waals surface area contributed by atoms with Gasteiger partial charge in [0.2, 0.25) is 23.5 Å². The van der Waals surface area contributed by atoms with Crippen LogP contribution in [0.15, 0.2) is 29.4 Å². The molecule has 2 N–H and O–H groups in total. The van der Waals surface area contributed by atoms with E-state index in [9.17, 15) is 24.0 Å². The molecule has 4 rings (SSSR count). The topological polar surface area (TPSA) is 137 Å². The second kappa shape index (κ2) is 13.3. The minimum atomic E-state index is -1.05. The van der Waals surface area contributed by atoms with Crippen LogP contribution in [0.2, 0.25) is 5.02 Å². The third-order valence-corrected chi connectivity index (χ3v) is 9.19. The van der Waals surface area contributed by atoms with Crippen LogP contribution in [0.3, 0.4) is 0 Å². The predicted octanol–water partition coefficient (Wildman–Crippen LogP) is 3.08. The largest absolute Gasteiger partial charge is 0.387 e. The molecule has 44 heavy (non-hydrogen) atoms. The van der Waals surface area contributed by atoms with Crippen LogP contribution in [0.5, 0.6) is 0 Å². The molecular weight excluding hydrogens is 586 g/mol. The normalized spacial score (nSPS) is 24.5. The number of nitrogens with zero attached hydrogens (tertiary/aromatic N) is 3. The average Bonchev–Trinajstić information content (AvgIpc) is 3.69. The van der Waals surface area contributed by atoms with Crippen molar-refractivity contribution in [2.24, 2.45) is 16.5 Å². The number of rotatable bonds is 9. The van der Waals surface area contributed by atoms with E-state index in [0.29, 0.717) is 36.5 Å². The lowest BCUT2D eigenvalue weighted by Gasteiger charge is -2.33. The minimum absolute atomic E-state index is 0.154. The summed E-state index contributed by atoms with van der Waals surface area (Å²) < 4.78 is 0. The molecule has 5 atom stereocenters. The zero-order chi connectivity index (χ0) is 32.4. The van der Waals surface area contributed by atoms with Gasteiger partial charge in [-0.15, -0.1) is 0 Å². The van der Waals surface area contributed by atoms with Gasteiger partial charge in [-0.3, -0.25) is 24.0 Å². The molecule has 0 aliphatic carbocycles. The monoisotopic (exact) mass is 629 g/mol. The van der Waals surface area contributed by atoms with E-state index in [-0.39, 0.29) is 49.2 Å². The van der Waals surface area contributed by atoms with Gasteiger partial charge in [-0.1, -0.05) is 69.9 Å². The van der Waals surface area contributed by atoms with Crippen molar-refractivity contribution in [1.82, 2.24) is 20.4 Å². The molecule has 2 fully saturated rings. The summed E-state index contributed by atoms with van der Waals surface area (Å²) in [5.41, 5.74) is 0.210. The fourth-order valence-corrected chi connectivity index (χ4v) is 6.24. The number of nitrogens with one attached hydrogen (secondary N) is 2. The number of hydrogen-bond donors (Lipinski definition) is 2. The van der Waals surface area contributed by atoms with E-state index in [2.05, 4.69) is 15.8 Å². The first-order chi connectivity index (χ1) is 20.6. The Hall–Kier alpha value is -3.47. The number of benzene rings is 1. The van der Waals surface area contributed by atoms with E-state index in [1.54, 1.807) is 17.0 Å². The first kappa shape index (κ1) is 33.4. The molecule has 3 heterocycles. The first-order valence-electron chi connectivity index (χ1n) is 15.4. The number of carbonyl (C=O) groups is 5. The highest BCUT2D eigenvalue weighted by Gasteiger charge is 2.55. The zero-order valence-electron chi connectivity index (χ0n) is 26.4. The Bertz CT molecular complexity index is 1340. The van der Waals surface area contributed by atoms with Crippen molar-refractivity contribution >= 4 is 46.7 Å². The summed E-state index contributed by atoms with van der Waals surface area (Å²) in [6, 6.07) is 5.09. The second-order valence-electron chi connectivity index (χ2n) is 13.4. The molecule has 4 amide bonds. The number of oxime groups is 1. The van der Waals surface area contributed by atoms with E-state index in [4.69, 9.17) is 16.4 Å². The summed E-state index contributed by atoms with van der Waals surface area (Å²) >= 11 is 6.20. The van der Waals surface area contributed by atoms with Crippen molar-refractivity contribution < 1.29 is 28.8 Å². The van der Waals surface area contributed by atoms with Gasteiger partial charge in [0.1, 0.15) is 6.04 Å². The van der Waals surface area contributed by atoms with Crippen molar-refractivity contribution in [3.8, 4) is 0 Å². The third-order valence-electron chi connectivity index (χ3n) is 8.96. The maximum Gasteiger partial charge on any atom is 0.292 e. The lowest BCUT2D eigenvalue weighted by molar-refractivity contribution is -0.147. The summed E-state index contributed by atoms with van der Waals surface area (Å²) in [6.45, 7) is 11.8. The van der Waals surface area contributed by atoms with Crippen molar-refractivity contribution in [2.45, 2.75) is 97.4 Å². The lowest BCUT2D eigenvalue weighted by atomic mass is 9.81. The van der Waals surface area contributed by atoms with Gasteiger partial charge in [0.25, 0.3) is 5.91 Å². The zero-order valence-corrected chi connectivity index (χ0v) is 27.2. The van der Waals surface area contributed by atoms with Crippen LogP contribution >= 0.6 is 11.6 Å². The van der Waals surface area contributed by atoms with Crippen molar-refractivity contribution in [1.29, 1.82) is 0 Å². The number of carbonyl (C=O) groups excluding carboxylic acids is 5. The molecule has 240 valence electrons. The van der Waals surface area contributed by atoms with E-state index in [1.807, 2.05) is 46.8 Å². The molecule has 0 radical (unpaired) electrons. The highest BCUT2D eigenvalue weighted by molar-refractivity contribution is 6.38. The molecule has 2 saturated heterocycles. The molecule has 1 aromatic carbocycles. The highest BCUT2D eigenvalue weighted by Crippen LogP contribution is 2.41. The van der Waals surface area contributed by atoms with E-state index in [0.717, 1.165) is 5.56 Å². The van der Waals surface area contributed by atoms with Crippen molar-refractivity contribution in [3.63, 3.8) is 0 Å². The van der Waals surface area contributed by atoms with Crippen LogP contribution in [-0.4, -0.2) is 88.3 Å². The Morgan fingerprint density at radius 3 is 2.57 bits per heavy atom. The van der Waals surface area contributed by atoms with Crippen LogP contribution in [0.1, 0.15) is 79.2 Å². The SMILES string of the molecule is CCC[C@H](NC(=O)[C@@H]1C[C@]2(CC(c3cccc(Cl)c3)=NO2)CN1C(=O)[C@@H](C)C(C)(C)C)C(=O)C(=O)N1CC[C@@H](NC(C)=O)C1. The molecule has 0 bridgehead atoms. The number of amides is 4. The molecule has 0 unspecified atom stereocenters. The number of likely N-dealkylation sites (tertiary alicyclic amines) is 2. The van der Waals surface area contributed by atoms with Gasteiger partial charge in [-0.05, 0) is 30.4 Å². The predicted molar refractivity (Wildman–Crippen MR) is 166 cm³/mol. The third kappa shape index (κ3) is 7.42. The van der Waals surface area contributed by atoms with E-state index in [1.165, 1.54) is 11.8 Å². The molecule has 11 nitrogen and oxygen atoms in total. The number of ketones is 1. The van der Waals surface area contributed by atoms with E-state index < -0.39 is 41.2 Å². The Labute approximate surface area is 264 Å². The maximum atomic E-state index is 13.9. The van der Waals surface area contributed by atoms with Gasteiger partial charge in [0.15, 0.2) is 5.60 Å². The van der Waals surface area contributed by atoms with Gasteiger partial charge in [-0.25, -0.2) is 0 Å². The Morgan fingerprint density at radius 2 is 1.93 bits per heavy atom. The number of halogens is 1.